The predicted octanol–water partition coefficient (Wildman–Crippen LogP) is 4.27. The molecule has 4 aromatic rings. The van der Waals surface area contributed by atoms with E-state index in [1.807, 2.05) is 42.6 Å². The lowest BCUT2D eigenvalue weighted by Crippen LogP contribution is -2.42. The number of rotatable bonds is 4. The van der Waals surface area contributed by atoms with Crippen LogP contribution in [0.2, 0.25) is 0 Å². The van der Waals surface area contributed by atoms with Crippen LogP contribution in [0.1, 0.15) is 22.8 Å². The lowest BCUT2D eigenvalue weighted by Gasteiger charge is -2.22. The molecule has 0 aliphatic carbocycles. The molecule has 6 nitrogen and oxygen atoms in total. The van der Waals surface area contributed by atoms with E-state index in [0.717, 1.165) is 27.6 Å². The zero-order chi connectivity index (χ0) is 20.0. The van der Waals surface area contributed by atoms with E-state index in [0.29, 0.717) is 17.2 Å². The minimum atomic E-state index is -0.585. The second kappa shape index (κ2) is 6.86. The second-order valence-corrected chi connectivity index (χ2v) is 7.98. The molecular formula is C22H18N4O2S. The first-order chi connectivity index (χ1) is 14.1. The highest BCUT2D eigenvalue weighted by Crippen LogP contribution is 2.31. The molecule has 1 aliphatic heterocycles. The minimum Gasteiger partial charge on any atom is -0.361 e. The number of benzene rings is 2. The van der Waals surface area contributed by atoms with Crippen LogP contribution < -0.4 is 5.32 Å². The lowest BCUT2D eigenvalue weighted by atomic mass is 9.99. The van der Waals surface area contributed by atoms with Gasteiger partial charge >= 0.3 is 0 Å². The van der Waals surface area contributed by atoms with E-state index in [9.17, 15) is 9.59 Å². The van der Waals surface area contributed by atoms with E-state index in [-0.39, 0.29) is 11.8 Å². The number of fused-ring (bicyclic) bond motifs is 2. The summed E-state index contributed by atoms with van der Waals surface area (Å²) in [6.07, 6.45) is 3.55. The molecule has 29 heavy (non-hydrogen) atoms. The average molecular weight is 402 g/mol. The maximum atomic E-state index is 13.0. The van der Waals surface area contributed by atoms with Crippen molar-refractivity contribution in [3.8, 4) is 11.1 Å². The highest BCUT2D eigenvalue weighted by molar-refractivity contribution is 7.13. The Hall–Kier alpha value is -3.45. The van der Waals surface area contributed by atoms with Crippen molar-refractivity contribution in [1.82, 2.24) is 14.9 Å². The Kier molecular flexibility index (Phi) is 4.17. The number of hydrogen-bond acceptors (Lipinski definition) is 4. The van der Waals surface area contributed by atoms with Crippen LogP contribution in [0.3, 0.4) is 0 Å². The van der Waals surface area contributed by atoms with Gasteiger partial charge in [0.2, 0.25) is 5.91 Å². The summed E-state index contributed by atoms with van der Waals surface area (Å²) in [6.45, 7) is 2.17. The Morgan fingerprint density at radius 3 is 2.86 bits per heavy atom. The molecule has 0 saturated heterocycles. The molecule has 144 valence electrons. The van der Waals surface area contributed by atoms with Crippen molar-refractivity contribution in [3.63, 3.8) is 0 Å². The van der Waals surface area contributed by atoms with Crippen molar-refractivity contribution >= 4 is 39.2 Å². The molecular weight excluding hydrogens is 384 g/mol. The normalized spacial score (nSPS) is 14.2. The average Bonchev–Trinajstić information content (AvgIpc) is 3.47. The SMILES string of the molecule is CC(C(=O)Nc1nccs1)N1Cc2ccc(-c3ccc4[nH]ccc4c3)cc2C1=O. The van der Waals surface area contributed by atoms with E-state index in [1.165, 1.54) is 11.3 Å². The molecule has 0 spiro atoms. The molecule has 2 N–H and O–H groups in total. The predicted molar refractivity (Wildman–Crippen MR) is 114 cm³/mol. The van der Waals surface area contributed by atoms with E-state index in [2.05, 4.69) is 21.4 Å². The Bertz CT molecular complexity index is 1230. The smallest absolute Gasteiger partial charge is 0.255 e. The number of hydrogen-bond donors (Lipinski definition) is 2. The quantitative estimate of drug-likeness (QED) is 0.535. The van der Waals surface area contributed by atoms with Gasteiger partial charge in [-0.1, -0.05) is 18.2 Å². The number of nitrogens with zero attached hydrogens (tertiary/aromatic N) is 2. The fraction of sp³-hybridized carbons (Fsp3) is 0.136. The van der Waals surface area contributed by atoms with Crippen molar-refractivity contribution in [3.05, 3.63) is 71.4 Å². The summed E-state index contributed by atoms with van der Waals surface area (Å²) in [5.41, 5.74) is 4.72. The van der Waals surface area contributed by atoms with E-state index in [1.54, 1.807) is 23.4 Å². The molecule has 3 heterocycles. The first kappa shape index (κ1) is 17.6. The van der Waals surface area contributed by atoms with Crippen molar-refractivity contribution in [2.45, 2.75) is 19.5 Å². The molecule has 1 atom stereocenters. The van der Waals surface area contributed by atoms with Crippen LogP contribution in [0.5, 0.6) is 0 Å². The number of carbonyl (C=O) groups excluding carboxylic acids is 2. The zero-order valence-electron chi connectivity index (χ0n) is 15.7. The van der Waals surface area contributed by atoms with Gasteiger partial charge in [0.1, 0.15) is 6.04 Å². The standard InChI is InChI=1S/C22H18N4O2S/c1-13(20(27)25-22-24-8-9-29-22)26-12-17-3-2-15(11-18(17)21(26)28)14-4-5-19-16(10-14)6-7-23-19/h2-11,13,23H,12H2,1H3,(H,24,25,27). The molecule has 0 saturated carbocycles. The third-order valence-electron chi connectivity index (χ3n) is 5.34. The van der Waals surface area contributed by atoms with Gasteiger partial charge in [-0.05, 0) is 53.3 Å². The molecule has 2 aromatic heterocycles. The van der Waals surface area contributed by atoms with Gasteiger partial charge in [0, 0.05) is 35.4 Å². The number of thiazole rings is 1. The van der Waals surface area contributed by atoms with Gasteiger partial charge in [-0.25, -0.2) is 4.98 Å². The molecule has 0 radical (unpaired) electrons. The van der Waals surface area contributed by atoms with Gasteiger partial charge in [0.15, 0.2) is 5.13 Å². The van der Waals surface area contributed by atoms with Crippen LogP contribution in [-0.4, -0.2) is 32.7 Å². The van der Waals surface area contributed by atoms with Gasteiger partial charge < -0.3 is 15.2 Å². The van der Waals surface area contributed by atoms with Crippen LogP contribution in [-0.2, 0) is 11.3 Å². The molecule has 7 heteroatoms. The number of H-pyrrole nitrogens is 1. The number of carbonyl (C=O) groups is 2. The highest BCUT2D eigenvalue weighted by Gasteiger charge is 2.34. The fourth-order valence-electron chi connectivity index (χ4n) is 3.69. The van der Waals surface area contributed by atoms with Crippen LogP contribution >= 0.6 is 11.3 Å². The Balaban J connectivity index is 1.40. The molecule has 2 amide bonds. The molecule has 1 aliphatic rings. The molecule has 5 rings (SSSR count). The topological polar surface area (TPSA) is 78.1 Å². The van der Waals surface area contributed by atoms with Gasteiger partial charge in [0.05, 0.1) is 0 Å². The van der Waals surface area contributed by atoms with Crippen LogP contribution in [0, 0.1) is 0 Å². The summed E-state index contributed by atoms with van der Waals surface area (Å²) < 4.78 is 0. The summed E-state index contributed by atoms with van der Waals surface area (Å²) in [6, 6.07) is 13.6. The van der Waals surface area contributed by atoms with E-state index >= 15 is 0 Å². The number of aromatic amines is 1. The Morgan fingerprint density at radius 1 is 1.21 bits per heavy atom. The lowest BCUT2D eigenvalue weighted by molar-refractivity contribution is -0.120. The summed E-state index contributed by atoms with van der Waals surface area (Å²) in [5.74, 6) is -0.356. The maximum Gasteiger partial charge on any atom is 0.255 e. The van der Waals surface area contributed by atoms with Crippen LogP contribution in [0.4, 0.5) is 5.13 Å². The number of nitrogens with one attached hydrogen (secondary N) is 2. The number of anilines is 1. The molecule has 0 bridgehead atoms. The number of aromatic nitrogens is 2. The highest BCUT2D eigenvalue weighted by atomic mass is 32.1. The van der Waals surface area contributed by atoms with E-state index in [4.69, 9.17) is 0 Å². The van der Waals surface area contributed by atoms with Crippen LogP contribution in [0.25, 0.3) is 22.0 Å². The van der Waals surface area contributed by atoms with Gasteiger partial charge in [-0.2, -0.15) is 0 Å². The summed E-state index contributed by atoms with van der Waals surface area (Å²) in [5, 5.41) is 6.23. The molecule has 1 unspecified atom stereocenters. The molecule has 0 fully saturated rings. The fourth-order valence-corrected chi connectivity index (χ4v) is 4.22. The number of amides is 2. The van der Waals surface area contributed by atoms with Crippen molar-refractivity contribution in [2.75, 3.05) is 5.32 Å². The van der Waals surface area contributed by atoms with Crippen molar-refractivity contribution in [2.24, 2.45) is 0 Å². The third-order valence-corrected chi connectivity index (χ3v) is 6.03. The second-order valence-electron chi connectivity index (χ2n) is 7.09. The third kappa shape index (κ3) is 3.09. The van der Waals surface area contributed by atoms with Gasteiger partial charge in [-0.3, -0.25) is 9.59 Å². The maximum absolute atomic E-state index is 13.0. The minimum absolute atomic E-state index is 0.119. The van der Waals surface area contributed by atoms with Crippen LogP contribution in [0.15, 0.2) is 60.2 Å². The summed E-state index contributed by atoms with van der Waals surface area (Å²) >= 11 is 1.35. The molecule has 2 aromatic carbocycles. The van der Waals surface area contributed by atoms with Gasteiger partial charge in [0.25, 0.3) is 5.91 Å². The summed E-state index contributed by atoms with van der Waals surface area (Å²) in [7, 11) is 0. The Morgan fingerprint density at radius 2 is 2.03 bits per heavy atom. The van der Waals surface area contributed by atoms with E-state index < -0.39 is 6.04 Å². The first-order valence-corrected chi connectivity index (χ1v) is 10.2. The van der Waals surface area contributed by atoms with Gasteiger partial charge in [-0.15, -0.1) is 11.3 Å². The van der Waals surface area contributed by atoms with Crippen molar-refractivity contribution < 1.29 is 9.59 Å². The first-order valence-electron chi connectivity index (χ1n) is 9.32. The van der Waals surface area contributed by atoms with Crippen molar-refractivity contribution in [1.29, 1.82) is 0 Å². The summed E-state index contributed by atoms with van der Waals surface area (Å²) in [4.78, 5) is 34.4. The largest absolute Gasteiger partial charge is 0.361 e. The Labute approximate surface area is 171 Å². The monoisotopic (exact) mass is 402 g/mol. The zero-order valence-corrected chi connectivity index (χ0v) is 16.5.